The molecular weight excluding hydrogens is 206 g/mol. The van der Waals surface area contributed by atoms with Crippen LogP contribution in [0, 0.1) is 6.92 Å². The van der Waals surface area contributed by atoms with Crippen LogP contribution in [0.4, 0.5) is 0 Å². The van der Waals surface area contributed by atoms with E-state index in [1.54, 1.807) is 23.1 Å². The van der Waals surface area contributed by atoms with Crippen molar-refractivity contribution in [1.82, 2.24) is 14.8 Å². The molecule has 0 bridgehead atoms. The van der Waals surface area contributed by atoms with E-state index < -0.39 is 5.97 Å². The largest absolute Gasteiger partial charge is 0.481 e. The van der Waals surface area contributed by atoms with E-state index in [1.807, 2.05) is 19.1 Å². The molecule has 0 atom stereocenters. The Morgan fingerprint density at radius 3 is 3.00 bits per heavy atom. The molecule has 2 aromatic rings. The third-order valence-electron chi connectivity index (χ3n) is 2.11. The van der Waals surface area contributed by atoms with Gasteiger partial charge < -0.3 is 5.11 Å². The van der Waals surface area contributed by atoms with E-state index in [0.29, 0.717) is 11.5 Å². The van der Waals surface area contributed by atoms with E-state index in [2.05, 4.69) is 10.1 Å². The smallest absolute Gasteiger partial charge is 0.309 e. The van der Waals surface area contributed by atoms with Crippen LogP contribution in [0.25, 0.3) is 5.82 Å². The van der Waals surface area contributed by atoms with Gasteiger partial charge in [-0.15, -0.1) is 0 Å². The molecule has 5 heteroatoms. The molecule has 0 amide bonds. The Hall–Kier alpha value is -2.17. The molecule has 0 aliphatic heterocycles. The molecule has 16 heavy (non-hydrogen) atoms. The molecule has 0 aliphatic rings. The number of carboxylic acid groups (broad SMARTS) is 1. The summed E-state index contributed by atoms with van der Waals surface area (Å²) in [5.41, 5.74) is 1.61. The van der Waals surface area contributed by atoms with Gasteiger partial charge in [-0.3, -0.25) is 4.79 Å². The van der Waals surface area contributed by atoms with Crippen LogP contribution in [-0.2, 0) is 11.2 Å². The van der Waals surface area contributed by atoms with Crippen molar-refractivity contribution < 1.29 is 9.90 Å². The third kappa shape index (κ3) is 2.25. The number of nitrogens with zero attached hydrogens (tertiary/aromatic N) is 3. The van der Waals surface area contributed by atoms with Gasteiger partial charge in [0.2, 0.25) is 0 Å². The van der Waals surface area contributed by atoms with E-state index in [4.69, 9.17) is 5.11 Å². The summed E-state index contributed by atoms with van der Waals surface area (Å²) < 4.78 is 1.57. The second kappa shape index (κ2) is 4.14. The van der Waals surface area contributed by atoms with Gasteiger partial charge in [0.25, 0.3) is 0 Å². The maximum absolute atomic E-state index is 10.5. The molecule has 0 saturated heterocycles. The molecule has 0 unspecified atom stereocenters. The molecule has 0 aliphatic carbocycles. The monoisotopic (exact) mass is 217 g/mol. The number of aryl methyl sites for hydroxylation is 1. The Labute approximate surface area is 92.4 Å². The number of aliphatic carboxylic acids is 1. The Balaban J connectivity index is 2.28. The topological polar surface area (TPSA) is 68.0 Å². The van der Waals surface area contributed by atoms with E-state index >= 15 is 0 Å². The van der Waals surface area contributed by atoms with Crippen LogP contribution in [0.5, 0.6) is 0 Å². The van der Waals surface area contributed by atoms with Crippen LogP contribution in [0.15, 0.2) is 30.6 Å². The van der Waals surface area contributed by atoms with Crippen LogP contribution < -0.4 is 0 Å². The van der Waals surface area contributed by atoms with Gasteiger partial charge in [-0.2, -0.15) is 5.10 Å². The summed E-state index contributed by atoms with van der Waals surface area (Å²) in [7, 11) is 0. The summed E-state index contributed by atoms with van der Waals surface area (Å²) in [6, 6.07) is 5.46. The van der Waals surface area contributed by atoms with Crippen molar-refractivity contribution in [2.24, 2.45) is 0 Å². The zero-order valence-electron chi connectivity index (χ0n) is 8.79. The Bertz CT molecular complexity index is 519. The first-order chi connectivity index (χ1) is 7.65. The van der Waals surface area contributed by atoms with Gasteiger partial charge >= 0.3 is 5.97 Å². The SMILES string of the molecule is Cc1ccnc(-n2ccc(CC(=O)O)n2)c1. The predicted molar refractivity (Wildman–Crippen MR) is 57.4 cm³/mol. The lowest BCUT2D eigenvalue weighted by Gasteiger charge is -2.00. The number of pyridine rings is 1. The van der Waals surface area contributed by atoms with Gasteiger partial charge in [-0.05, 0) is 30.7 Å². The fourth-order valence-electron chi connectivity index (χ4n) is 1.38. The highest BCUT2D eigenvalue weighted by Gasteiger charge is 2.05. The number of rotatable bonds is 3. The van der Waals surface area contributed by atoms with Crippen molar-refractivity contribution in [3.8, 4) is 5.82 Å². The molecule has 2 heterocycles. The lowest BCUT2D eigenvalue weighted by molar-refractivity contribution is -0.136. The maximum Gasteiger partial charge on any atom is 0.309 e. The van der Waals surface area contributed by atoms with Gasteiger partial charge in [0.1, 0.15) is 0 Å². The van der Waals surface area contributed by atoms with Crippen LogP contribution in [0.2, 0.25) is 0 Å². The molecule has 0 radical (unpaired) electrons. The molecule has 82 valence electrons. The molecule has 1 N–H and O–H groups in total. The van der Waals surface area contributed by atoms with E-state index in [1.165, 1.54) is 0 Å². The molecule has 5 nitrogen and oxygen atoms in total. The minimum Gasteiger partial charge on any atom is -0.481 e. The summed E-state index contributed by atoms with van der Waals surface area (Å²) in [5.74, 6) is -0.195. The molecule has 0 saturated carbocycles. The number of carboxylic acids is 1. The van der Waals surface area contributed by atoms with Crippen LogP contribution >= 0.6 is 0 Å². The number of carbonyl (C=O) groups is 1. The molecule has 2 rings (SSSR count). The molecule has 0 spiro atoms. The van der Waals surface area contributed by atoms with E-state index in [-0.39, 0.29) is 6.42 Å². The Kier molecular flexibility index (Phi) is 2.68. The minimum atomic E-state index is -0.887. The lowest BCUT2D eigenvalue weighted by atomic mass is 10.3. The summed E-state index contributed by atoms with van der Waals surface area (Å²) in [5, 5.41) is 12.8. The van der Waals surface area contributed by atoms with Crippen molar-refractivity contribution in [3.63, 3.8) is 0 Å². The summed E-state index contributed by atoms with van der Waals surface area (Å²) in [6.45, 7) is 1.97. The molecule has 0 aromatic carbocycles. The van der Waals surface area contributed by atoms with Crippen molar-refractivity contribution in [1.29, 1.82) is 0 Å². The number of hydrogen-bond donors (Lipinski definition) is 1. The highest BCUT2D eigenvalue weighted by molar-refractivity contribution is 5.69. The van der Waals surface area contributed by atoms with Crippen LogP contribution in [-0.4, -0.2) is 25.8 Å². The van der Waals surface area contributed by atoms with Gasteiger partial charge in [-0.1, -0.05) is 0 Å². The lowest BCUT2D eigenvalue weighted by Crippen LogP contribution is -2.03. The molecule has 0 fully saturated rings. The van der Waals surface area contributed by atoms with Crippen molar-refractivity contribution >= 4 is 5.97 Å². The second-order valence-electron chi connectivity index (χ2n) is 3.51. The summed E-state index contributed by atoms with van der Waals surface area (Å²) in [6.07, 6.45) is 3.34. The summed E-state index contributed by atoms with van der Waals surface area (Å²) in [4.78, 5) is 14.7. The van der Waals surface area contributed by atoms with Crippen molar-refractivity contribution in [2.45, 2.75) is 13.3 Å². The fraction of sp³-hybridized carbons (Fsp3) is 0.182. The quantitative estimate of drug-likeness (QED) is 0.838. The fourth-order valence-corrected chi connectivity index (χ4v) is 1.38. The highest BCUT2D eigenvalue weighted by atomic mass is 16.4. The molecule has 2 aromatic heterocycles. The van der Waals surface area contributed by atoms with Gasteiger partial charge in [0.15, 0.2) is 5.82 Å². The standard InChI is InChI=1S/C11H11N3O2/c1-8-2-4-12-10(6-8)14-5-3-9(13-14)7-11(15)16/h2-6H,7H2,1H3,(H,15,16). The zero-order valence-corrected chi connectivity index (χ0v) is 8.79. The predicted octanol–water partition coefficient (Wildman–Crippen LogP) is 1.20. The zero-order chi connectivity index (χ0) is 11.5. The first kappa shape index (κ1) is 10.4. The number of aromatic nitrogens is 3. The molecular formula is C11H11N3O2. The Morgan fingerprint density at radius 1 is 1.50 bits per heavy atom. The van der Waals surface area contributed by atoms with E-state index in [9.17, 15) is 4.79 Å². The van der Waals surface area contributed by atoms with Gasteiger partial charge in [0.05, 0.1) is 12.1 Å². The Morgan fingerprint density at radius 2 is 2.31 bits per heavy atom. The average molecular weight is 217 g/mol. The van der Waals surface area contributed by atoms with Gasteiger partial charge in [0, 0.05) is 12.4 Å². The van der Waals surface area contributed by atoms with Crippen molar-refractivity contribution in [2.75, 3.05) is 0 Å². The van der Waals surface area contributed by atoms with Crippen LogP contribution in [0.1, 0.15) is 11.3 Å². The number of hydrogen-bond acceptors (Lipinski definition) is 3. The van der Waals surface area contributed by atoms with Crippen molar-refractivity contribution in [3.05, 3.63) is 41.9 Å². The van der Waals surface area contributed by atoms with Crippen LogP contribution in [0.3, 0.4) is 0 Å². The van der Waals surface area contributed by atoms with Gasteiger partial charge in [-0.25, -0.2) is 9.67 Å². The summed E-state index contributed by atoms with van der Waals surface area (Å²) >= 11 is 0. The van der Waals surface area contributed by atoms with E-state index in [0.717, 1.165) is 5.56 Å². The third-order valence-corrected chi connectivity index (χ3v) is 2.11. The minimum absolute atomic E-state index is 0.0706. The first-order valence-electron chi connectivity index (χ1n) is 4.84. The normalized spacial score (nSPS) is 10.3. The first-order valence-corrected chi connectivity index (χ1v) is 4.84. The average Bonchev–Trinajstić information content (AvgIpc) is 2.65. The maximum atomic E-state index is 10.5. The second-order valence-corrected chi connectivity index (χ2v) is 3.51. The highest BCUT2D eigenvalue weighted by Crippen LogP contribution is 2.06.